The van der Waals surface area contributed by atoms with Crippen molar-refractivity contribution >= 4 is 11.8 Å². The number of aliphatic hydroxyl groups is 1. The normalized spacial score (nSPS) is 20.3. The molecule has 0 radical (unpaired) electrons. The highest BCUT2D eigenvalue weighted by molar-refractivity contribution is 7.98. The van der Waals surface area contributed by atoms with Crippen LogP contribution in [0, 0.1) is 0 Å². The zero-order valence-electron chi connectivity index (χ0n) is 7.79. The van der Waals surface area contributed by atoms with E-state index in [1.807, 2.05) is 0 Å². The molecule has 0 amide bonds. The Morgan fingerprint density at radius 3 is 3.08 bits per heavy atom. The van der Waals surface area contributed by atoms with Crippen molar-refractivity contribution in [3.8, 4) is 0 Å². The van der Waals surface area contributed by atoms with Crippen molar-refractivity contribution in [3.63, 3.8) is 0 Å². The van der Waals surface area contributed by atoms with Crippen LogP contribution in [-0.4, -0.2) is 18.0 Å². The predicted molar refractivity (Wildman–Crippen MR) is 56.4 cm³/mol. The smallest absolute Gasteiger partial charge is 0.0500 e. The molecule has 1 N–H and O–H groups in total. The SMILES string of the molecule is CSc1cccc2c1C(CO)CC2. The summed E-state index contributed by atoms with van der Waals surface area (Å²) < 4.78 is 0. The molecule has 0 saturated carbocycles. The van der Waals surface area contributed by atoms with Gasteiger partial charge in [0, 0.05) is 17.4 Å². The van der Waals surface area contributed by atoms with Crippen LogP contribution in [0.15, 0.2) is 23.1 Å². The van der Waals surface area contributed by atoms with E-state index >= 15 is 0 Å². The number of benzene rings is 1. The Hall–Kier alpha value is -0.470. The minimum absolute atomic E-state index is 0.296. The fourth-order valence-corrected chi connectivity index (χ4v) is 2.84. The highest BCUT2D eigenvalue weighted by Gasteiger charge is 2.23. The van der Waals surface area contributed by atoms with Crippen molar-refractivity contribution in [2.75, 3.05) is 12.9 Å². The summed E-state index contributed by atoms with van der Waals surface area (Å²) in [7, 11) is 0. The zero-order chi connectivity index (χ0) is 9.26. The van der Waals surface area contributed by atoms with Crippen molar-refractivity contribution in [2.45, 2.75) is 23.7 Å². The molecule has 1 unspecified atom stereocenters. The van der Waals surface area contributed by atoms with Crippen LogP contribution in [0.4, 0.5) is 0 Å². The predicted octanol–water partition coefficient (Wildman–Crippen LogP) is 2.43. The molecule has 1 atom stereocenters. The van der Waals surface area contributed by atoms with E-state index in [-0.39, 0.29) is 0 Å². The lowest BCUT2D eigenvalue weighted by atomic mass is 10.0. The maximum atomic E-state index is 9.22. The van der Waals surface area contributed by atoms with Gasteiger partial charge in [0.2, 0.25) is 0 Å². The van der Waals surface area contributed by atoms with E-state index in [1.54, 1.807) is 11.8 Å². The number of hydrogen-bond acceptors (Lipinski definition) is 2. The van der Waals surface area contributed by atoms with Crippen LogP contribution in [0.3, 0.4) is 0 Å². The van der Waals surface area contributed by atoms with Gasteiger partial charge >= 0.3 is 0 Å². The molecule has 13 heavy (non-hydrogen) atoms. The molecule has 1 aliphatic carbocycles. The Morgan fingerprint density at radius 2 is 2.38 bits per heavy atom. The molecule has 70 valence electrons. The fourth-order valence-electron chi connectivity index (χ4n) is 2.11. The van der Waals surface area contributed by atoms with Crippen LogP contribution in [0.25, 0.3) is 0 Å². The Labute approximate surface area is 83.2 Å². The number of hydrogen-bond donors (Lipinski definition) is 1. The summed E-state index contributed by atoms with van der Waals surface area (Å²) in [5.74, 6) is 0.388. The summed E-state index contributed by atoms with van der Waals surface area (Å²) in [6.45, 7) is 0.296. The quantitative estimate of drug-likeness (QED) is 0.730. The van der Waals surface area contributed by atoms with Gasteiger partial charge in [0.1, 0.15) is 0 Å². The summed E-state index contributed by atoms with van der Waals surface area (Å²) >= 11 is 1.78. The largest absolute Gasteiger partial charge is 0.396 e. The van der Waals surface area contributed by atoms with E-state index < -0.39 is 0 Å². The van der Waals surface area contributed by atoms with Crippen molar-refractivity contribution in [2.24, 2.45) is 0 Å². The first-order valence-electron chi connectivity index (χ1n) is 4.63. The third kappa shape index (κ3) is 1.49. The molecule has 2 heteroatoms. The van der Waals surface area contributed by atoms with Gasteiger partial charge in [0.25, 0.3) is 0 Å². The lowest BCUT2D eigenvalue weighted by molar-refractivity contribution is 0.264. The molecule has 1 aromatic rings. The van der Waals surface area contributed by atoms with Crippen LogP contribution in [0.5, 0.6) is 0 Å². The number of rotatable bonds is 2. The average Bonchev–Trinajstić information content (AvgIpc) is 2.60. The maximum absolute atomic E-state index is 9.22. The van der Waals surface area contributed by atoms with Gasteiger partial charge in [-0.05, 0) is 36.3 Å². The van der Waals surface area contributed by atoms with Crippen LogP contribution in [-0.2, 0) is 6.42 Å². The molecule has 1 nitrogen and oxygen atoms in total. The molecule has 1 aliphatic rings. The van der Waals surface area contributed by atoms with Crippen molar-refractivity contribution in [1.29, 1.82) is 0 Å². The second-order valence-electron chi connectivity index (χ2n) is 3.45. The molecular formula is C11H14OS. The van der Waals surface area contributed by atoms with Gasteiger partial charge in [-0.2, -0.15) is 0 Å². The Kier molecular flexibility index (Phi) is 2.61. The first-order chi connectivity index (χ1) is 6.36. The van der Waals surface area contributed by atoms with Gasteiger partial charge < -0.3 is 5.11 Å². The topological polar surface area (TPSA) is 20.2 Å². The van der Waals surface area contributed by atoms with Crippen molar-refractivity contribution in [3.05, 3.63) is 29.3 Å². The minimum atomic E-state index is 0.296. The highest BCUT2D eigenvalue weighted by atomic mass is 32.2. The second-order valence-corrected chi connectivity index (χ2v) is 4.30. The van der Waals surface area contributed by atoms with E-state index in [0.29, 0.717) is 12.5 Å². The van der Waals surface area contributed by atoms with Crippen molar-refractivity contribution in [1.82, 2.24) is 0 Å². The third-order valence-corrected chi connectivity index (χ3v) is 3.56. The standard InChI is InChI=1S/C11H14OS/c1-13-10-4-2-3-8-5-6-9(7-12)11(8)10/h2-4,9,12H,5-7H2,1H3. The van der Waals surface area contributed by atoms with Gasteiger partial charge in [-0.25, -0.2) is 0 Å². The van der Waals surface area contributed by atoms with Crippen LogP contribution in [0.2, 0.25) is 0 Å². The molecule has 0 saturated heterocycles. The fraction of sp³-hybridized carbons (Fsp3) is 0.455. The zero-order valence-corrected chi connectivity index (χ0v) is 8.60. The second kappa shape index (κ2) is 3.72. The highest BCUT2D eigenvalue weighted by Crippen LogP contribution is 2.38. The molecule has 0 spiro atoms. The van der Waals surface area contributed by atoms with Crippen LogP contribution >= 0.6 is 11.8 Å². The van der Waals surface area contributed by atoms with Gasteiger partial charge in [-0.1, -0.05) is 12.1 Å². The summed E-state index contributed by atoms with van der Waals surface area (Å²) in [5.41, 5.74) is 2.84. The Morgan fingerprint density at radius 1 is 1.54 bits per heavy atom. The maximum Gasteiger partial charge on any atom is 0.0500 e. The third-order valence-electron chi connectivity index (χ3n) is 2.77. The molecule has 1 aromatic carbocycles. The molecule has 0 bridgehead atoms. The summed E-state index contributed by atoms with van der Waals surface area (Å²) in [6.07, 6.45) is 4.35. The van der Waals surface area contributed by atoms with Gasteiger partial charge in [0.15, 0.2) is 0 Å². The number of aliphatic hydroxyl groups excluding tert-OH is 1. The molecule has 0 aliphatic heterocycles. The average molecular weight is 194 g/mol. The lowest BCUT2D eigenvalue weighted by Crippen LogP contribution is -2.00. The minimum Gasteiger partial charge on any atom is -0.396 e. The molecule has 0 fully saturated rings. The number of fused-ring (bicyclic) bond motifs is 1. The first kappa shape index (κ1) is 9.10. The van der Waals surface area contributed by atoms with Crippen LogP contribution < -0.4 is 0 Å². The van der Waals surface area contributed by atoms with Gasteiger partial charge in [-0.3, -0.25) is 0 Å². The molecule has 0 heterocycles. The van der Waals surface area contributed by atoms with E-state index in [2.05, 4.69) is 24.5 Å². The number of thioether (sulfide) groups is 1. The lowest BCUT2D eigenvalue weighted by Gasteiger charge is -2.11. The first-order valence-corrected chi connectivity index (χ1v) is 5.86. The van der Waals surface area contributed by atoms with Crippen LogP contribution in [0.1, 0.15) is 23.5 Å². The van der Waals surface area contributed by atoms with E-state index in [1.165, 1.54) is 16.0 Å². The molecular weight excluding hydrogens is 180 g/mol. The molecule has 0 aromatic heterocycles. The summed E-state index contributed by atoms with van der Waals surface area (Å²) in [4.78, 5) is 1.34. The van der Waals surface area contributed by atoms with E-state index in [9.17, 15) is 5.11 Å². The number of aryl methyl sites for hydroxylation is 1. The molecule has 2 rings (SSSR count). The van der Waals surface area contributed by atoms with Gasteiger partial charge in [-0.15, -0.1) is 11.8 Å². The summed E-state index contributed by atoms with van der Waals surface area (Å²) in [5, 5.41) is 9.22. The van der Waals surface area contributed by atoms with E-state index in [4.69, 9.17) is 0 Å². The van der Waals surface area contributed by atoms with Gasteiger partial charge in [0.05, 0.1) is 0 Å². The summed E-state index contributed by atoms with van der Waals surface area (Å²) in [6, 6.07) is 6.45. The Balaban J connectivity index is 2.46. The monoisotopic (exact) mass is 194 g/mol. The Bertz CT molecular complexity index is 309. The van der Waals surface area contributed by atoms with Crippen molar-refractivity contribution < 1.29 is 5.11 Å². The van der Waals surface area contributed by atoms with E-state index in [0.717, 1.165) is 12.8 Å².